The molecule has 0 saturated carbocycles. The van der Waals surface area contributed by atoms with Gasteiger partial charge in [-0.2, -0.15) is 0 Å². The number of hydrogen-bond donors (Lipinski definition) is 1. The lowest BCUT2D eigenvalue weighted by Crippen LogP contribution is -3.16. The maximum absolute atomic E-state index is 13.5. The molecule has 0 bridgehead atoms. The van der Waals surface area contributed by atoms with Crippen molar-refractivity contribution in [2.75, 3.05) is 11.4 Å². The molecular formula is C24H24ClN2O3+. The molecule has 5 atom stereocenters. The first-order valence-electron chi connectivity index (χ1n) is 10.5. The van der Waals surface area contributed by atoms with Gasteiger partial charge < -0.3 is 4.90 Å². The molecule has 0 radical (unpaired) electrons. The number of carbonyl (C=O) groups excluding carboxylic acids is 3. The standard InChI is InChI=1S/C24H23ClN2O3/c1-13-5-10-17(12-14(13)2)27-23(29)19-18-4-3-11-26(18)21(20(19)24(27)30)22(28)15-6-8-16(25)9-7-15/h5-10,12,18-21H,3-4,11H2,1-2H3/p+1/t18-,19+,20+,21-/m0/s1. The van der Waals surface area contributed by atoms with Crippen LogP contribution in [0.2, 0.25) is 5.02 Å². The average molecular weight is 424 g/mol. The number of benzene rings is 2. The van der Waals surface area contributed by atoms with E-state index in [2.05, 4.69) is 0 Å². The summed E-state index contributed by atoms with van der Waals surface area (Å²) in [6.45, 7) is 4.80. The van der Waals surface area contributed by atoms with Gasteiger partial charge in [0.1, 0.15) is 17.9 Å². The average Bonchev–Trinajstić information content (AvgIpc) is 3.36. The summed E-state index contributed by atoms with van der Waals surface area (Å²) in [5.41, 5.74) is 3.31. The van der Waals surface area contributed by atoms with Crippen LogP contribution >= 0.6 is 11.6 Å². The lowest BCUT2D eigenvalue weighted by atomic mass is 9.85. The van der Waals surface area contributed by atoms with E-state index in [-0.39, 0.29) is 23.6 Å². The number of amides is 2. The number of nitrogens with one attached hydrogen (secondary N) is 1. The second-order valence-corrected chi connectivity index (χ2v) is 9.19. The second-order valence-electron chi connectivity index (χ2n) is 8.75. The number of Topliss-reactive ketones (excluding diaryl/α,β-unsaturated/α-hetero) is 1. The van der Waals surface area contributed by atoms with Crippen molar-refractivity contribution in [3.63, 3.8) is 0 Å². The minimum Gasteiger partial charge on any atom is -0.322 e. The third kappa shape index (κ3) is 2.76. The number of halogens is 1. The topological polar surface area (TPSA) is 58.9 Å². The van der Waals surface area contributed by atoms with E-state index in [1.54, 1.807) is 24.3 Å². The van der Waals surface area contributed by atoms with Crippen LogP contribution in [0.3, 0.4) is 0 Å². The Morgan fingerprint density at radius 1 is 1.00 bits per heavy atom. The number of ketones is 1. The molecule has 2 amide bonds. The number of hydrogen-bond acceptors (Lipinski definition) is 3. The van der Waals surface area contributed by atoms with Crippen molar-refractivity contribution in [2.24, 2.45) is 11.8 Å². The van der Waals surface area contributed by atoms with Gasteiger partial charge in [-0.3, -0.25) is 14.4 Å². The van der Waals surface area contributed by atoms with Crippen molar-refractivity contribution in [3.05, 3.63) is 64.2 Å². The Morgan fingerprint density at radius 2 is 1.70 bits per heavy atom. The normalized spacial score (nSPS) is 30.0. The summed E-state index contributed by atoms with van der Waals surface area (Å²) in [5, 5.41) is 0.565. The number of imide groups is 1. The van der Waals surface area contributed by atoms with Gasteiger partial charge in [0.2, 0.25) is 17.6 Å². The molecular weight excluding hydrogens is 400 g/mol. The number of nitrogens with zero attached hydrogens (tertiary/aromatic N) is 1. The van der Waals surface area contributed by atoms with Crippen LogP contribution in [0.5, 0.6) is 0 Å². The Bertz CT molecular complexity index is 1060. The van der Waals surface area contributed by atoms with E-state index in [1.807, 2.05) is 32.0 Å². The first kappa shape index (κ1) is 19.5. The van der Waals surface area contributed by atoms with Crippen molar-refractivity contribution in [2.45, 2.75) is 38.8 Å². The highest BCUT2D eigenvalue weighted by molar-refractivity contribution is 6.30. The predicted octanol–water partition coefficient (Wildman–Crippen LogP) is 2.37. The largest absolute Gasteiger partial charge is 0.322 e. The van der Waals surface area contributed by atoms with Crippen LogP contribution in [-0.4, -0.2) is 36.2 Å². The molecule has 0 aliphatic carbocycles. The molecule has 154 valence electrons. The highest BCUT2D eigenvalue weighted by atomic mass is 35.5. The van der Waals surface area contributed by atoms with Crippen LogP contribution in [0.1, 0.15) is 34.3 Å². The molecule has 6 heteroatoms. The zero-order valence-electron chi connectivity index (χ0n) is 17.0. The van der Waals surface area contributed by atoms with Crippen molar-refractivity contribution >= 4 is 34.9 Å². The Labute approximate surface area is 180 Å². The molecule has 1 N–H and O–H groups in total. The molecule has 0 spiro atoms. The fraction of sp³-hybridized carbons (Fsp3) is 0.375. The summed E-state index contributed by atoms with van der Waals surface area (Å²) in [4.78, 5) is 42.9. The molecule has 3 aliphatic heterocycles. The summed E-state index contributed by atoms with van der Waals surface area (Å²) >= 11 is 5.99. The van der Waals surface area contributed by atoms with Crippen molar-refractivity contribution in [1.82, 2.24) is 0 Å². The molecule has 3 aliphatic rings. The summed E-state index contributed by atoms with van der Waals surface area (Å²) in [6.07, 6.45) is 1.85. The SMILES string of the molecule is Cc1ccc(N2C(=O)[C@@H]3[C@H](C2=O)[C@@H]2CCC[NH+]2[C@@H]3C(=O)c2ccc(Cl)cc2)cc1C. The summed E-state index contributed by atoms with van der Waals surface area (Å²) in [6, 6.07) is 12.0. The molecule has 1 unspecified atom stereocenters. The predicted molar refractivity (Wildman–Crippen MR) is 114 cm³/mol. The molecule has 2 aromatic carbocycles. The first-order valence-corrected chi connectivity index (χ1v) is 10.9. The molecule has 5 rings (SSSR count). The third-order valence-corrected chi connectivity index (χ3v) is 7.46. The summed E-state index contributed by atoms with van der Waals surface area (Å²) < 4.78 is 0. The number of rotatable bonds is 3. The molecule has 0 aromatic heterocycles. The van der Waals surface area contributed by atoms with Crippen molar-refractivity contribution < 1.29 is 19.3 Å². The summed E-state index contributed by atoms with van der Waals surface area (Å²) in [5.74, 6) is -1.46. The van der Waals surface area contributed by atoms with E-state index in [4.69, 9.17) is 11.6 Å². The molecule has 3 saturated heterocycles. The van der Waals surface area contributed by atoms with E-state index < -0.39 is 17.9 Å². The van der Waals surface area contributed by atoms with Gasteiger partial charge in [0.05, 0.1) is 12.2 Å². The Morgan fingerprint density at radius 3 is 2.40 bits per heavy atom. The van der Waals surface area contributed by atoms with Gasteiger partial charge in [0.15, 0.2) is 6.04 Å². The fourth-order valence-corrected chi connectivity index (χ4v) is 5.78. The molecule has 3 heterocycles. The van der Waals surface area contributed by atoms with Crippen LogP contribution in [-0.2, 0) is 9.59 Å². The maximum atomic E-state index is 13.5. The van der Waals surface area contributed by atoms with Gasteiger partial charge >= 0.3 is 0 Å². The van der Waals surface area contributed by atoms with E-state index in [9.17, 15) is 14.4 Å². The zero-order chi connectivity index (χ0) is 21.2. The molecule has 3 fully saturated rings. The highest BCUT2D eigenvalue weighted by Crippen LogP contribution is 2.40. The van der Waals surface area contributed by atoms with E-state index in [0.29, 0.717) is 16.3 Å². The fourth-order valence-electron chi connectivity index (χ4n) is 5.65. The quantitative estimate of drug-likeness (QED) is 0.609. The second kappa shape index (κ2) is 7.03. The number of carbonyl (C=O) groups is 3. The maximum Gasteiger partial charge on any atom is 0.244 e. The Balaban J connectivity index is 1.55. The number of aryl methyl sites for hydroxylation is 2. The van der Waals surface area contributed by atoms with Crippen molar-refractivity contribution in [3.8, 4) is 0 Å². The number of quaternary nitrogens is 1. The van der Waals surface area contributed by atoms with Gasteiger partial charge in [-0.1, -0.05) is 17.7 Å². The van der Waals surface area contributed by atoms with Crippen molar-refractivity contribution in [1.29, 1.82) is 0 Å². The molecule has 30 heavy (non-hydrogen) atoms. The number of anilines is 1. The van der Waals surface area contributed by atoms with E-state index >= 15 is 0 Å². The lowest BCUT2D eigenvalue weighted by Gasteiger charge is -2.25. The smallest absolute Gasteiger partial charge is 0.244 e. The van der Waals surface area contributed by atoms with Gasteiger partial charge in [-0.15, -0.1) is 0 Å². The Hall–Kier alpha value is -2.50. The van der Waals surface area contributed by atoms with E-state index in [0.717, 1.165) is 35.4 Å². The van der Waals surface area contributed by atoms with Crippen LogP contribution < -0.4 is 9.80 Å². The van der Waals surface area contributed by atoms with Crippen LogP contribution in [0.25, 0.3) is 0 Å². The Kier molecular flexibility index (Phi) is 4.56. The van der Waals surface area contributed by atoms with Gasteiger partial charge in [0, 0.05) is 23.4 Å². The molecule has 2 aromatic rings. The molecule has 5 nitrogen and oxygen atoms in total. The summed E-state index contributed by atoms with van der Waals surface area (Å²) in [7, 11) is 0. The first-order chi connectivity index (χ1) is 14.4. The van der Waals surface area contributed by atoms with Crippen LogP contribution in [0, 0.1) is 25.7 Å². The third-order valence-electron chi connectivity index (χ3n) is 7.21. The number of fused-ring (bicyclic) bond motifs is 3. The minimum absolute atomic E-state index is 0.0317. The van der Waals surface area contributed by atoms with Gasteiger partial charge in [-0.25, -0.2) is 4.90 Å². The van der Waals surface area contributed by atoms with Gasteiger partial charge in [0.25, 0.3) is 0 Å². The zero-order valence-corrected chi connectivity index (χ0v) is 17.8. The highest BCUT2D eigenvalue weighted by Gasteiger charge is 2.68. The van der Waals surface area contributed by atoms with Crippen LogP contribution in [0.4, 0.5) is 5.69 Å². The minimum atomic E-state index is -0.595. The van der Waals surface area contributed by atoms with Crippen LogP contribution in [0.15, 0.2) is 42.5 Å². The van der Waals surface area contributed by atoms with E-state index in [1.165, 1.54) is 4.90 Å². The van der Waals surface area contributed by atoms with Gasteiger partial charge in [-0.05, 0) is 61.4 Å². The monoisotopic (exact) mass is 423 g/mol. The lowest BCUT2D eigenvalue weighted by molar-refractivity contribution is -0.915.